The van der Waals surface area contributed by atoms with Crippen LogP contribution in [0.4, 0.5) is 5.13 Å². The van der Waals surface area contributed by atoms with Crippen molar-refractivity contribution in [2.24, 2.45) is 0 Å². The summed E-state index contributed by atoms with van der Waals surface area (Å²) in [6.07, 6.45) is 2.97. The van der Waals surface area contributed by atoms with Crippen molar-refractivity contribution in [2.45, 2.75) is 51.7 Å². The predicted octanol–water partition coefficient (Wildman–Crippen LogP) is 2.47. The molecule has 1 fully saturated rings. The summed E-state index contributed by atoms with van der Waals surface area (Å²) in [6, 6.07) is 0.460. The number of aryl methyl sites for hydroxylation is 1. The Morgan fingerprint density at radius 2 is 2.38 bits per heavy atom. The number of hydrogen-bond donors (Lipinski definition) is 1. The van der Waals surface area contributed by atoms with Crippen molar-refractivity contribution in [3.63, 3.8) is 0 Å². The van der Waals surface area contributed by atoms with E-state index in [1.165, 1.54) is 11.5 Å². The highest BCUT2D eigenvalue weighted by molar-refractivity contribution is 7.09. The number of ether oxygens (including phenoxy) is 1. The quantitative estimate of drug-likeness (QED) is 0.883. The van der Waals surface area contributed by atoms with Crippen molar-refractivity contribution < 1.29 is 4.74 Å². The molecule has 2 heterocycles. The minimum absolute atomic E-state index is 0.0197. The molecule has 1 atom stereocenters. The van der Waals surface area contributed by atoms with Gasteiger partial charge >= 0.3 is 0 Å². The third kappa shape index (κ3) is 2.92. The van der Waals surface area contributed by atoms with Gasteiger partial charge in [0.1, 0.15) is 5.82 Å². The molecular weight excluding hydrogens is 222 g/mol. The van der Waals surface area contributed by atoms with Gasteiger partial charge in [-0.2, -0.15) is 4.37 Å². The summed E-state index contributed by atoms with van der Waals surface area (Å²) in [7, 11) is 0. The number of nitrogens with one attached hydrogen (secondary N) is 1. The summed E-state index contributed by atoms with van der Waals surface area (Å²) in [6.45, 7) is 7.17. The molecule has 5 heteroatoms. The Balaban J connectivity index is 1.94. The molecular formula is C11H19N3OS. The van der Waals surface area contributed by atoms with E-state index in [0.29, 0.717) is 6.04 Å². The monoisotopic (exact) mass is 241 g/mol. The SMILES string of the molecule is CCc1nsc(NC2CCOC(C)(C)C2)n1. The molecule has 0 bridgehead atoms. The smallest absolute Gasteiger partial charge is 0.202 e. The lowest BCUT2D eigenvalue weighted by Crippen LogP contribution is -2.40. The highest BCUT2D eigenvalue weighted by Gasteiger charge is 2.29. The third-order valence-electron chi connectivity index (χ3n) is 2.81. The molecule has 1 N–H and O–H groups in total. The summed E-state index contributed by atoms with van der Waals surface area (Å²) >= 11 is 1.45. The van der Waals surface area contributed by atoms with E-state index in [-0.39, 0.29) is 5.60 Å². The molecule has 0 radical (unpaired) electrons. The molecule has 1 saturated heterocycles. The van der Waals surface area contributed by atoms with Crippen molar-refractivity contribution >= 4 is 16.7 Å². The number of hydrogen-bond acceptors (Lipinski definition) is 5. The highest BCUT2D eigenvalue weighted by atomic mass is 32.1. The fourth-order valence-corrected chi connectivity index (χ4v) is 2.71. The molecule has 0 aromatic carbocycles. The van der Waals surface area contributed by atoms with Crippen molar-refractivity contribution in [1.29, 1.82) is 0 Å². The van der Waals surface area contributed by atoms with Crippen LogP contribution in [0.25, 0.3) is 0 Å². The Hall–Kier alpha value is -0.680. The van der Waals surface area contributed by atoms with Crippen molar-refractivity contribution in [1.82, 2.24) is 9.36 Å². The largest absolute Gasteiger partial charge is 0.375 e. The molecule has 0 amide bonds. The molecule has 1 aromatic rings. The lowest BCUT2D eigenvalue weighted by Gasteiger charge is -2.35. The number of anilines is 1. The van der Waals surface area contributed by atoms with Crippen LogP contribution in [-0.2, 0) is 11.2 Å². The summed E-state index contributed by atoms with van der Waals surface area (Å²) in [4.78, 5) is 4.43. The summed E-state index contributed by atoms with van der Waals surface area (Å²) in [5, 5.41) is 4.40. The van der Waals surface area contributed by atoms with Gasteiger partial charge in [-0.25, -0.2) is 4.98 Å². The van der Waals surface area contributed by atoms with E-state index in [2.05, 4.69) is 35.4 Å². The molecule has 1 unspecified atom stereocenters. The Morgan fingerprint density at radius 1 is 1.56 bits per heavy atom. The minimum atomic E-state index is -0.0197. The third-order valence-corrected chi connectivity index (χ3v) is 3.49. The van der Waals surface area contributed by atoms with Crippen LogP contribution in [0.1, 0.15) is 39.4 Å². The molecule has 90 valence electrons. The van der Waals surface area contributed by atoms with Gasteiger partial charge in [-0.3, -0.25) is 0 Å². The van der Waals surface area contributed by atoms with Gasteiger partial charge in [-0.15, -0.1) is 0 Å². The molecule has 0 saturated carbocycles. The zero-order valence-corrected chi connectivity index (χ0v) is 10.9. The average molecular weight is 241 g/mol. The van der Waals surface area contributed by atoms with E-state index < -0.39 is 0 Å². The topological polar surface area (TPSA) is 47.0 Å². The Kier molecular flexibility index (Phi) is 3.44. The van der Waals surface area contributed by atoms with Gasteiger partial charge in [0.2, 0.25) is 5.13 Å². The van der Waals surface area contributed by atoms with Crippen LogP contribution >= 0.6 is 11.5 Å². The zero-order chi connectivity index (χ0) is 11.6. The van der Waals surface area contributed by atoms with Crippen LogP contribution in [0.3, 0.4) is 0 Å². The first-order valence-corrected chi connectivity index (χ1v) is 6.59. The van der Waals surface area contributed by atoms with Gasteiger partial charge in [0.05, 0.1) is 5.60 Å². The van der Waals surface area contributed by atoms with Gasteiger partial charge < -0.3 is 10.1 Å². The number of aromatic nitrogens is 2. The van der Waals surface area contributed by atoms with Crippen molar-refractivity contribution in [3.05, 3.63) is 5.82 Å². The fourth-order valence-electron chi connectivity index (χ4n) is 1.99. The zero-order valence-electron chi connectivity index (χ0n) is 10.1. The van der Waals surface area contributed by atoms with Crippen LogP contribution in [0.15, 0.2) is 0 Å². The van der Waals surface area contributed by atoms with E-state index in [1.54, 1.807) is 0 Å². The molecule has 16 heavy (non-hydrogen) atoms. The number of rotatable bonds is 3. The average Bonchev–Trinajstić information content (AvgIpc) is 2.64. The molecule has 1 aromatic heterocycles. The first kappa shape index (κ1) is 11.8. The molecule has 4 nitrogen and oxygen atoms in total. The Bertz CT molecular complexity index is 351. The van der Waals surface area contributed by atoms with Crippen LogP contribution in [0.5, 0.6) is 0 Å². The van der Waals surface area contributed by atoms with E-state index >= 15 is 0 Å². The second-order valence-electron chi connectivity index (χ2n) is 4.81. The first-order valence-electron chi connectivity index (χ1n) is 5.82. The first-order chi connectivity index (χ1) is 7.59. The minimum Gasteiger partial charge on any atom is -0.375 e. The lowest BCUT2D eigenvalue weighted by atomic mass is 9.94. The van der Waals surface area contributed by atoms with Gasteiger partial charge in [0.25, 0.3) is 0 Å². The Labute approximate surface area is 101 Å². The van der Waals surface area contributed by atoms with Crippen molar-refractivity contribution in [3.8, 4) is 0 Å². The molecule has 2 rings (SSSR count). The number of nitrogens with zero attached hydrogens (tertiary/aromatic N) is 2. The Morgan fingerprint density at radius 3 is 3.00 bits per heavy atom. The van der Waals surface area contributed by atoms with Crippen molar-refractivity contribution in [2.75, 3.05) is 11.9 Å². The maximum Gasteiger partial charge on any atom is 0.202 e. The summed E-state index contributed by atoms with van der Waals surface area (Å²) < 4.78 is 9.96. The van der Waals surface area contributed by atoms with E-state index in [1.807, 2.05) is 0 Å². The van der Waals surface area contributed by atoms with Crippen LogP contribution in [0.2, 0.25) is 0 Å². The van der Waals surface area contributed by atoms with Crippen LogP contribution < -0.4 is 5.32 Å². The maximum atomic E-state index is 5.69. The second-order valence-corrected chi connectivity index (χ2v) is 5.56. The normalized spacial score (nSPS) is 24.3. The van der Waals surface area contributed by atoms with Gasteiger partial charge in [0.15, 0.2) is 0 Å². The van der Waals surface area contributed by atoms with E-state index in [0.717, 1.165) is 36.8 Å². The summed E-state index contributed by atoms with van der Waals surface area (Å²) in [5.74, 6) is 0.929. The molecule has 0 spiro atoms. The van der Waals surface area contributed by atoms with Gasteiger partial charge in [-0.05, 0) is 26.7 Å². The standard InChI is InChI=1S/C11H19N3OS/c1-4-9-13-10(16-14-9)12-8-5-6-15-11(2,3)7-8/h8H,4-7H2,1-3H3,(H,12,13,14). The van der Waals surface area contributed by atoms with Gasteiger partial charge in [0, 0.05) is 30.6 Å². The maximum absolute atomic E-state index is 5.69. The highest BCUT2D eigenvalue weighted by Crippen LogP contribution is 2.26. The summed E-state index contributed by atoms with van der Waals surface area (Å²) in [5.41, 5.74) is -0.0197. The predicted molar refractivity (Wildman–Crippen MR) is 66.0 cm³/mol. The molecule has 0 aliphatic carbocycles. The lowest BCUT2D eigenvalue weighted by molar-refractivity contribution is -0.0553. The van der Waals surface area contributed by atoms with Gasteiger partial charge in [-0.1, -0.05) is 6.92 Å². The second kappa shape index (κ2) is 4.67. The van der Waals surface area contributed by atoms with Crippen LogP contribution in [0, 0.1) is 0 Å². The van der Waals surface area contributed by atoms with E-state index in [9.17, 15) is 0 Å². The molecule has 1 aliphatic heterocycles. The molecule has 1 aliphatic rings. The van der Waals surface area contributed by atoms with E-state index in [4.69, 9.17) is 4.74 Å². The fraction of sp³-hybridized carbons (Fsp3) is 0.818. The van der Waals surface area contributed by atoms with Crippen LogP contribution in [-0.4, -0.2) is 27.6 Å².